The summed E-state index contributed by atoms with van der Waals surface area (Å²) in [5, 5.41) is 9.27. The second kappa shape index (κ2) is 6.41. The lowest BCUT2D eigenvalue weighted by molar-refractivity contribution is 0.0697. The Hall–Kier alpha value is -1.33. The predicted octanol–water partition coefficient (Wildman–Crippen LogP) is 2.21. The number of hydrogen-bond donors (Lipinski definition) is 1. The van der Waals surface area contributed by atoms with Crippen LogP contribution < -0.4 is 4.90 Å². The highest BCUT2D eigenvalue weighted by Gasteiger charge is 2.19. The first-order valence-electron chi connectivity index (χ1n) is 6.76. The smallest absolute Gasteiger partial charge is 0.335 e. The third kappa shape index (κ3) is 3.84. The molecule has 0 aliphatic carbocycles. The number of carboxylic acids is 1. The van der Waals surface area contributed by atoms with Crippen LogP contribution in [0, 0.1) is 5.92 Å². The van der Waals surface area contributed by atoms with Gasteiger partial charge in [-0.2, -0.15) is 0 Å². The average Bonchev–Trinajstić information content (AvgIpc) is 2.40. The molecule has 1 saturated heterocycles. The zero-order valence-corrected chi connectivity index (χ0v) is 12.6. The topological polar surface area (TPSA) is 56.7 Å². The second-order valence-electron chi connectivity index (χ2n) is 5.47. The molecule has 20 heavy (non-hydrogen) atoms. The molecule has 2 heterocycles. The van der Waals surface area contributed by atoms with Crippen molar-refractivity contribution >= 4 is 23.4 Å². The number of halogens is 1. The molecule has 0 unspecified atom stereocenters. The van der Waals surface area contributed by atoms with E-state index in [0.29, 0.717) is 11.7 Å². The molecule has 1 aromatic rings. The summed E-state index contributed by atoms with van der Waals surface area (Å²) in [6.07, 6.45) is 2.32. The molecule has 1 aliphatic heterocycles. The number of nitrogens with zero attached hydrogens (tertiary/aromatic N) is 3. The van der Waals surface area contributed by atoms with Crippen LogP contribution >= 0.6 is 11.6 Å². The Morgan fingerprint density at radius 2 is 2.15 bits per heavy atom. The first-order chi connectivity index (χ1) is 9.45. The van der Waals surface area contributed by atoms with Gasteiger partial charge in [0.05, 0.1) is 5.56 Å². The van der Waals surface area contributed by atoms with Gasteiger partial charge in [-0.1, -0.05) is 11.6 Å². The summed E-state index contributed by atoms with van der Waals surface area (Å²) in [5.41, 5.74) is 0.176. The highest BCUT2D eigenvalue weighted by atomic mass is 35.5. The minimum Gasteiger partial charge on any atom is -0.478 e. The maximum absolute atomic E-state index is 11.0. The van der Waals surface area contributed by atoms with Gasteiger partial charge in [-0.25, -0.2) is 9.78 Å². The quantitative estimate of drug-likeness (QED) is 0.864. The maximum Gasteiger partial charge on any atom is 0.335 e. The molecule has 1 fully saturated rings. The number of hydrogen-bond acceptors (Lipinski definition) is 4. The molecular weight excluding hydrogens is 278 g/mol. The van der Waals surface area contributed by atoms with E-state index in [9.17, 15) is 4.79 Å². The highest BCUT2D eigenvalue weighted by Crippen LogP contribution is 2.22. The molecule has 0 spiro atoms. The fourth-order valence-electron chi connectivity index (χ4n) is 2.53. The molecule has 6 heteroatoms. The number of aromatic carboxylic acids is 1. The van der Waals surface area contributed by atoms with Gasteiger partial charge in [0.1, 0.15) is 11.0 Å². The van der Waals surface area contributed by atoms with E-state index in [2.05, 4.69) is 16.9 Å². The number of piperidine rings is 1. The van der Waals surface area contributed by atoms with Gasteiger partial charge < -0.3 is 14.9 Å². The fraction of sp³-hybridized carbons (Fsp3) is 0.571. The second-order valence-corrected chi connectivity index (χ2v) is 5.86. The number of carboxylic acid groups (broad SMARTS) is 1. The molecule has 0 radical (unpaired) electrons. The van der Waals surface area contributed by atoms with Gasteiger partial charge in [0.15, 0.2) is 0 Å². The molecule has 0 saturated carbocycles. The van der Waals surface area contributed by atoms with Gasteiger partial charge in [0, 0.05) is 13.6 Å². The predicted molar refractivity (Wildman–Crippen MR) is 79.7 cm³/mol. The summed E-state index contributed by atoms with van der Waals surface area (Å²) in [6, 6.07) is 2.94. The Labute approximate surface area is 124 Å². The molecule has 0 amide bonds. The van der Waals surface area contributed by atoms with Crippen LogP contribution in [-0.2, 0) is 0 Å². The molecule has 1 aliphatic rings. The lowest BCUT2D eigenvalue weighted by Crippen LogP contribution is -2.36. The Morgan fingerprint density at radius 1 is 1.50 bits per heavy atom. The number of anilines is 1. The maximum atomic E-state index is 11.0. The highest BCUT2D eigenvalue weighted by molar-refractivity contribution is 6.29. The number of carbonyl (C=O) groups is 1. The van der Waals surface area contributed by atoms with Crippen molar-refractivity contribution in [1.82, 2.24) is 9.88 Å². The SMILES string of the molecule is CN1CCC(CN(C)c2cc(C(=O)O)cc(Cl)n2)CC1. The number of aromatic nitrogens is 1. The molecule has 0 atom stereocenters. The summed E-state index contributed by atoms with van der Waals surface area (Å²) in [7, 11) is 4.07. The van der Waals surface area contributed by atoms with Crippen molar-refractivity contribution in [3.8, 4) is 0 Å². The van der Waals surface area contributed by atoms with Gasteiger partial charge in [-0.15, -0.1) is 0 Å². The van der Waals surface area contributed by atoms with Gasteiger partial charge in [-0.05, 0) is 51.0 Å². The Kier molecular flexibility index (Phi) is 4.83. The van der Waals surface area contributed by atoms with Crippen LogP contribution in [-0.4, -0.2) is 54.7 Å². The molecule has 110 valence electrons. The third-order valence-electron chi connectivity index (χ3n) is 3.79. The van der Waals surface area contributed by atoms with E-state index >= 15 is 0 Å². The molecule has 0 aromatic carbocycles. The van der Waals surface area contributed by atoms with Crippen LogP contribution in [0.15, 0.2) is 12.1 Å². The minimum atomic E-state index is -0.983. The van der Waals surface area contributed by atoms with Crippen LogP contribution in [0.2, 0.25) is 5.15 Å². The van der Waals surface area contributed by atoms with Crippen molar-refractivity contribution in [2.45, 2.75) is 12.8 Å². The summed E-state index contributed by atoms with van der Waals surface area (Å²) >= 11 is 5.89. The van der Waals surface area contributed by atoms with Crippen LogP contribution in [0.25, 0.3) is 0 Å². The van der Waals surface area contributed by atoms with Crippen molar-refractivity contribution in [2.75, 3.05) is 38.6 Å². The van der Waals surface area contributed by atoms with Crippen LogP contribution in [0.5, 0.6) is 0 Å². The van der Waals surface area contributed by atoms with E-state index in [4.69, 9.17) is 16.7 Å². The van der Waals surface area contributed by atoms with Crippen molar-refractivity contribution in [3.63, 3.8) is 0 Å². The molecule has 2 rings (SSSR count). The monoisotopic (exact) mass is 297 g/mol. The zero-order valence-electron chi connectivity index (χ0n) is 11.8. The lowest BCUT2D eigenvalue weighted by atomic mass is 9.97. The average molecular weight is 298 g/mol. The summed E-state index contributed by atoms with van der Waals surface area (Å²) in [5.74, 6) is 0.252. The number of likely N-dealkylation sites (tertiary alicyclic amines) is 1. The molecule has 1 N–H and O–H groups in total. The van der Waals surface area contributed by atoms with Crippen LogP contribution in [0.1, 0.15) is 23.2 Å². The number of pyridine rings is 1. The van der Waals surface area contributed by atoms with E-state index in [-0.39, 0.29) is 10.7 Å². The summed E-state index contributed by atoms with van der Waals surface area (Å²) < 4.78 is 0. The lowest BCUT2D eigenvalue weighted by Gasteiger charge is -2.32. The van der Waals surface area contributed by atoms with Crippen molar-refractivity contribution in [3.05, 3.63) is 22.8 Å². The van der Waals surface area contributed by atoms with Crippen molar-refractivity contribution < 1.29 is 9.90 Å². The Bertz CT molecular complexity index is 487. The van der Waals surface area contributed by atoms with Crippen molar-refractivity contribution in [2.24, 2.45) is 5.92 Å². The summed E-state index contributed by atoms with van der Waals surface area (Å²) in [6.45, 7) is 3.10. The number of rotatable bonds is 4. The van der Waals surface area contributed by atoms with Gasteiger partial charge in [0.2, 0.25) is 0 Å². The Morgan fingerprint density at radius 3 is 2.75 bits per heavy atom. The largest absolute Gasteiger partial charge is 0.478 e. The fourth-order valence-corrected chi connectivity index (χ4v) is 2.73. The third-order valence-corrected chi connectivity index (χ3v) is 3.98. The molecular formula is C14H20ClN3O2. The van der Waals surface area contributed by atoms with Crippen molar-refractivity contribution in [1.29, 1.82) is 0 Å². The van der Waals surface area contributed by atoms with Crippen LogP contribution in [0.4, 0.5) is 5.82 Å². The Balaban J connectivity index is 2.05. The van der Waals surface area contributed by atoms with E-state index in [1.54, 1.807) is 6.07 Å². The van der Waals surface area contributed by atoms with E-state index in [0.717, 1.165) is 32.5 Å². The van der Waals surface area contributed by atoms with Gasteiger partial charge >= 0.3 is 5.97 Å². The molecule has 5 nitrogen and oxygen atoms in total. The normalized spacial score (nSPS) is 17.1. The van der Waals surface area contributed by atoms with E-state index < -0.39 is 5.97 Å². The minimum absolute atomic E-state index is 0.176. The first-order valence-corrected chi connectivity index (χ1v) is 7.14. The van der Waals surface area contributed by atoms with E-state index in [1.807, 2.05) is 11.9 Å². The standard InChI is InChI=1S/C14H20ClN3O2/c1-17-5-3-10(4-6-17)9-18(2)13-8-11(14(19)20)7-12(15)16-13/h7-8,10H,3-6,9H2,1-2H3,(H,19,20). The zero-order chi connectivity index (χ0) is 14.7. The first kappa shape index (κ1) is 15.1. The molecule has 1 aromatic heterocycles. The summed E-state index contributed by atoms with van der Waals surface area (Å²) in [4.78, 5) is 19.6. The van der Waals surface area contributed by atoms with E-state index in [1.165, 1.54) is 6.07 Å². The van der Waals surface area contributed by atoms with Gasteiger partial charge in [0.25, 0.3) is 0 Å². The van der Waals surface area contributed by atoms with Gasteiger partial charge in [-0.3, -0.25) is 0 Å². The molecule has 0 bridgehead atoms. The van der Waals surface area contributed by atoms with Crippen LogP contribution in [0.3, 0.4) is 0 Å².